The third-order valence-corrected chi connectivity index (χ3v) is 3.74. The Morgan fingerprint density at radius 1 is 1.04 bits per heavy atom. The van der Waals surface area contributed by atoms with Crippen LogP contribution in [0.15, 0.2) is 48.5 Å². The first-order chi connectivity index (χ1) is 12.5. The summed E-state index contributed by atoms with van der Waals surface area (Å²) in [6.07, 6.45) is 0.778. The van der Waals surface area contributed by atoms with E-state index in [0.29, 0.717) is 29.5 Å². The predicted molar refractivity (Wildman–Crippen MR) is 102 cm³/mol. The van der Waals surface area contributed by atoms with E-state index in [2.05, 4.69) is 19.2 Å². The number of carbonyl (C=O) groups is 2. The summed E-state index contributed by atoms with van der Waals surface area (Å²) in [5, 5.41) is 2.75. The first-order valence-corrected chi connectivity index (χ1v) is 8.80. The monoisotopic (exact) mass is 355 g/mol. The average Bonchev–Trinajstić information content (AvgIpc) is 2.65. The van der Waals surface area contributed by atoms with E-state index in [4.69, 9.17) is 9.47 Å². The Hall–Kier alpha value is -2.82. The zero-order chi connectivity index (χ0) is 18.9. The molecule has 1 amide bonds. The molecule has 0 unspecified atom stereocenters. The molecule has 0 atom stereocenters. The second-order valence-electron chi connectivity index (χ2n) is 6.24. The highest BCUT2D eigenvalue weighted by Gasteiger charge is 2.10. The van der Waals surface area contributed by atoms with E-state index in [0.717, 1.165) is 12.0 Å². The number of nitrogens with one attached hydrogen (secondary N) is 1. The molecule has 0 saturated carbocycles. The van der Waals surface area contributed by atoms with Gasteiger partial charge in [-0.15, -0.1) is 0 Å². The summed E-state index contributed by atoms with van der Waals surface area (Å²) < 4.78 is 10.7. The van der Waals surface area contributed by atoms with Crippen LogP contribution in [0, 0.1) is 0 Å². The van der Waals surface area contributed by atoms with E-state index < -0.39 is 0 Å². The number of para-hydroxylation sites is 1. The van der Waals surface area contributed by atoms with Crippen molar-refractivity contribution in [2.45, 2.75) is 33.1 Å². The Balaban J connectivity index is 1.89. The number of esters is 1. The number of benzene rings is 2. The summed E-state index contributed by atoms with van der Waals surface area (Å²) in [6, 6.07) is 14.3. The quantitative estimate of drug-likeness (QED) is 0.713. The molecule has 5 nitrogen and oxygen atoms in total. The highest BCUT2D eigenvalue weighted by atomic mass is 16.5. The fraction of sp³-hybridized carbons (Fsp3) is 0.333. The van der Waals surface area contributed by atoms with Crippen LogP contribution in [-0.2, 0) is 9.53 Å². The fourth-order valence-corrected chi connectivity index (χ4v) is 2.40. The molecule has 0 heterocycles. The molecular weight excluding hydrogens is 330 g/mol. The van der Waals surface area contributed by atoms with Crippen molar-refractivity contribution >= 4 is 17.6 Å². The molecule has 0 radical (unpaired) electrons. The van der Waals surface area contributed by atoms with E-state index in [-0.39, 0.29) is 18.5 Å². The summed E-state index contributed by atoms with van der Waals surface area (Å²) in [6.45, 7) is 6.41. The number of hydrogen-bond donors (Lipinski definition) is 1. The first-order valence-electron chi connectivity index (χ1n) is 8.80. The van der Waals surface area contributed by atoms with E-state index in [9.17, 15) is 9.59 Å². The van der Waals surface area contributed by atoms with Gasteiger partial charge in [-0.25, -0.2) is 4.79 Å². The topological polar surface area (TPSA) is 64.6 Å². The molecule has 0 fully saturated rings. The van der Waals surface area contributed by atoms with Crippen molar-refractivity contribution in [1.82, 2.24) is 0 Å². The van der Waals surface area contributed by atoms with Crippen LogP contribution in [0.5, 0.6) is 5.75 Å². The minimum absolute atomic E-state index is 0.0793. The number of anilines is 1. The zero-order valence-corrected chi connectivity index (χ0v) is 15.5. The molecule has 0 spiro atoms. The van der Waals surface area contributed by atoms with Gasteiger partial charge in [0.25, 0.3) is 5.91 Å². The lowest BCUT2D eigenvalue weighted by molar-refractivity contribution is -0.118. The van der Waals surface area contributed by atoms with Gasteiger partial charge < -0.3 is 14.8 Å². The second kappa shape index (κ2) is 9.61. The maximum absolute atomic E-state index is 12.1. The van der Waals surface area contributed by atoms with Crippen molar-refractivity contribution in [3.8, 4) is 5.75 Å². The summed E-state index contributed by atoms with van der Waals surface area (Å²) in [5.41, 5.74) is 2.12. The molecule has 0 aliphatic heterocycles. The Morgan fingerprint density at radius 3 is 2.38 bits per heavy atom. The van der Waals surface area contributed by atoms with Crippen molar-refractivity contribution in [2.24, 2.45) is 0 Å². The van der Waals surface area contributed by atoms with Gasteiger partial charge in [0.2, 0.25) is 0 Å². The highest BCUT2D eigenvalue weighted by molar-refractivity contribution is 5.93. The van der Waals surface area contributed by atoms with Crippen LogP contribution in [0.3, 0.4) is 0 Å². The van der Waals surface area contributed by atoms with Gasteiger partial charge in [-0.2, -0.15) is 0 Å². The Labute approximate surface area is 154 Å². The SMILES string of the molecule is CCCOC(=O)c1ccc(NC(=O)COc2ccccc2C(C)C)cc1. The van der Waals surface area contributed by atoms with Crippen LogP contribution in [0.4, 0.5) is 5.69 Å². The molecule has 0 saturated heterocycles. The van der Waals surface area contributed by atoms with Crippen molar-refractivity contribution in [2.75, 3.05) is 18.5 Å². The van der Waals surface area contributed by atoms with Crippen LogP contribution < -0.4 is 10.1 Å². The van der Waals surface area contributed by atoms with E-state index in [1.54, 1.807) is 24.3 Å². The number of hydrogen-bond acceptors (Lipinski definition) is 4. The minimum Gasteiger partial charge on any atom is -0.483 e. The van der Waals surface area contributed by atoms with E-state index in [1.165, 1.54) is 0 Å². The molecule has 0 aromatic heterocycles. The largest absolute Gasteiger partial charge is 0.483 e. The Bertz CT molecular complexity index is 738. The summed E-state index contributed by atoms with van der Waals surface area (Å²) in [4.78, 5) is 23.9. The highest BCUT2D eigenvalue weighted by Crippen LogP contribution is 2.25. The number of ether oxygens (including phenoxy) is 2. The van der Waals surface area contributed by atoms with Gasteiger partial charge in [0.15, 0.2) is 6.61 Å². The maximum atomic E-state index is 12.1. The van der Waals surface area contributed by atoms with Crippen molar-refractivity contribution < 1.29 is 19.1 Å². The van der Waals surface area contributed by atoms with Gasteiger partial charge >= 0.3 is 5.97 Å². The van der Waals surface area contributed by atoms with Gasteiger partial charge in [-0.1, -0.05) is 39.0 Å². The maximum Gasteiger partial charge on any atom is 0.338 e. The lowest BCUT2D eigenvalue weighted by Gasteiger charge is -2.13. The normalized spacial score (nSPS) is 10.5. The number of carbonyl (C=O) groups excluding carboxylic acids is 2. The van der Waals surface area contributed by atoms with Gasteiger partial charge in [0.1, 0.15) is 5.75 Å². The van der Waals surface area contributed by atoms with Crippen molar-refractivity contribution in [3.05, 3.63) is 59.7 Å². The molecule has 0 aliphatic carbocycles. The lowest BCUT2D eigenvalue weighted by Crippen LogP contribution is -2.20. The predicted octanol–water partition coefficient (Wildman–Crippen LogP) is 4.39. The van der Waals surface area contributed by atoms with Gasteiger partial charge in [-0.05, 0) is 48.2 Å². The Kier molecular flexibility index (Phi) is 7.21. The zero-order valence-electron chi connectivity index (χ0n) is 15.5. The molecule has 2 aromatic rings. The standard InChI is InChI=1S/C21H25NO4/c1-4-13-25-21(24)16-9-11-17(12-10-16)22-20(23)14-26-19-8-6-5-7-18(19)15(2)3/h5-12,15H,4,13-14H2,1-3H3,(H,22,23). The van der Waals surface area contributed by atoms with Gasteiger partial charge in [0.05, 0.1) is 12.2 Å². The molecular formula is C21H25NO4. The molecule has 2 rings (SSSR count). The average molecular weight is 355 g/mol. The first kappa shape index (κ1) is 19.5. The third-order valence-electron chi connectivity index (χ3n) is 3.74. The molecule has 26 heavy (non-hydrogen) atoms. The summed E-state index contributed by atoms with van der Waals surface area (Å²) in [5.74, 6) is 0.407. The molecule has 0 aliphatic rings. The molecule has 2 aromatic carbocycles. The van der Waals surface area contributed by atoms with E-state index in [1.807, 2.05) is 31.2 Å². The van der Waals surface area contributed by atoms with Gasteiger partial charge in [0, 0.05) is 5.69 Å². The molecule has 0 bridgehead atoms. The van der Waals surface area contributed by atoms with Crippen molar-refractivity contribution in [3.63, 3.8) is 0 Å². The van der Waals surface area contributed by atoms with E-state index >= 15 is 0 Å². The molecule has 1 N–H and O–H groups in total. The molecule has 138 valence electrons. The summed E-state index contributed by atoms with van der Waals surface area (Å²) in [7, 11) is 0. The summed E-state index contributed by atoms with van der Waals surface area (Å²) >= 11 is 0. The smallest absolute Gasteiger partial charge is 0.338 e. The van der Waals surface area contributed by atoms with Crippen LogP contribution in [0.25, 0.3) is 0 Å². The van der Waals surface area contributed by atoms with Crippen LogP contribution >= 0.6 is 0 Å². The van der Waals surface area contributed by atoms with Gasteiger partial charge in [-0.3, -0.25) is 4.79 Å². The fourth-order valence-electron chi connectivity index (χ4n) is 2.40. The lowest BCUT2D eigenvalue weighted by atomic mass is 10.0. The Morgan fingerprint density at radius 2 is 1.73 bits per heavy atom. The second-order valence-corrected chi connectivity index (χ2v) is 6.24. The van der Waals surface area contributed by atoms with Crippen LogP contribution in [0.1, 0.15) is 49.0 Å². The third kappa shape index (κ3) is 5.62. The minimum atomic E-state index is -0.363. The van der Waals surface area contributed by atoms with Crippen LogP contribution in [-0.4, -0.2) is 25.1 Å². The molecule has 5 heteroatoms. The number of amides is 1. The number of rotatable bonds is 8. The van der Waals surface area contributed by atoms with Crippen molar-refractivity contribution in [1.29, 1.82) is 0 Å². The van der Waals surface area contributed by atoms with Crippen LogP contribution in [0.2, 0.25) is 0 Å².